The fraction of sp³-hybridized carbons (Fsp3) is 0.176. The van der Waals surface area contributed by atoms with Crippen LogP contribution in [-0.4, -0.2) is 10.9 Å². The lowest BCUT2D eigenvalue weighted by Crippen LogP contribution is -2.22. The van der Waals surface area contributed by atoms with Crippen LogP contribution in [0.1, 0.15) is 12.5 Å². The van der Waals surface area contributed by atoms with Crippen molar-refractivity contribution in [1.82, 2.24) is 4.98 Å². The Morgan fingerprint density at radius 2 is 2.00 bits per heavy atom. The number of rotatable bonds is 4. The van der Waals surface area contributed by atoms with Crippen LogP contribution in [0.5, 0.6) is 0 Å². The van der Waals surface area contributed by atoms with E-state index in [1.54, 1.807) is 18.2 Å². The molecule has 2 aromatic carbocycles. The highest BCUT2D eigenvalue weighted by atomic mass is 16.4. The first-order valence-electron chi connectivity index (χ1n) is 7.09. The largest absolute Gasteiger partial charge is 0.417 e. The molecule has 0 radical (unpaired) electrons. The van der Waals surface area contributed by atoms with Crippen LogP contribution in [0.4, 0.5) is 5.69 Å². The van der Waals surface area contributed by atoms with Gasteiger partial charge in [-0.25, -0.2) is 4.79 Å². The number of carbonyl (C=O) groups is 1. The predicted molar refractivity (Wildman–Crippen MR) is 84.8 cm³/mol. The first-order chi connectivity index (χ1) is 10.6. The van der Waals surface area contributed by atoms with Crippen molar-refractivity contribution in [3.05, 3.63) is 64.6 Å². The standard InChI is InChI=1S/C17H16N2O3/c1-11(9-12-5-3-2-4-6-12)16(20)18-13-7-8-14-15(10-13)22-17(21)19-14/h2-8,10-11H,9H2,1H3,(H,18,20)(H,19,21). The molecule has 1 unspecified atom stereocenters. The number of H-pyrrole nitrogens is 1. The Hall–Kier alpha value is -2.82. The monoisotopic (exact) mass is 296 g/mol. The Balaban J connectivity index is 1.70. The van der Waals surface area contributed by atoms with Gasteiger partial charge in [-0.2, -0.15) is 0 Å². The van der Waals surface area contributed by atoms with Crippen molar-refractivity contribution in [1.29, 1.82) is 0 Å². The van der Waals surface area contributed by atoms with Crippen LogP contribution >= 0.6 is 0 Å². The molecule has 3 aromatic rings. The van der Waals surface area contributed by atoms with Crippen molar-refractivity contribution in [2.24, 2.45) is 5.92 Å². The summed E-state index contributed by atoms with van der Waals surface area (Å²) in [5, 5.41) is 2.85. The number of fused-ring (bicyclic) bond motifs is 1. The molecule has 0 saturated carbocycles. The molecule has 1 aromatic heterocycles. The minimum Gasteiger partial charge on any atom is -0.408 e. The number of amides is 1. The molecule has 1 heterocycles. The fourth-order valence-electron chi connectivity index (χ4n) is 2.35. The molecule has 0 aliphatic carbocycles. The van der Waals surface area contributed by atoms with Gasteiger partial charge >= 0.3 is 5.76 Å². The van der Waals surface area contributed by atoms with E-state index >= 15 is 0 Å². The molecule has 1 amide bonds. The minimum absolute atomic E-state index is 0.0684. The van der Waals surface area contributed by atoms with E-state index in [4.69, 9.17) is 4.42 Å². The van der Waals surface area contributed by atoms with Crippen molar-refractivity contribution >= 4 is 22.7 Å². The number of hydrogen-bond acceptors (Lipinski definition) is 3. The Bertz CT molecular complexity index is 849. The molecule has 1 atom stereocenters. The van der Waals surface area contributed by atoms with E-state index in [2.05, 4.69) is 10.3 Å². The van der Waals surface area contributed by atoms with Crippen LogP contribution < -0.4 is 11.1 Å². The van der Waals surface area contributed by atoms with Crippen molar-refractivity contribution in [2.75, 3.05) is 5.32 Å². The molecule has 0 spiro atoms. The molecule has 0 aliphatic rings. The molecule has 5 heteroatoms. The van der Waals surface area contributed by atoms with Crippen molar-refractivity contribution in [3.8, 4) is 0 Å². The van der Waals surface area contributed by atoms with E-state index in [-0.39, 0.29) is 11.8 Å². The Labute approximate surface area is 127 Å². The molecule has 112 valence electrons. The van der Waals surface area contributed by atoms with Gasteiger partial charge in [0.15, 0.2) is 5.58 Å². The van der Waals surface area contributed by atoms with Gasteiger partial charge in [0.2, 0.25) is 5.91 Å². The number of nitrogens with one attached hydrogen (secondary N) is 2. The molecular weight excluding hydrogens is 280 g/mol. The third kappa shape index (κ3) is 3.09. The average molecular weight is 296 g/mol. The van der Waals surface area contributed by atoms with Gasteiger partial charge in [-0.15, -0.1) is 0 Å². The summed E-state index contributed by atoms with van der Waals surface area (Å²) in [5.41, 5.74) is 2.77. The van der Waals surface area contributed by atoms with Crippen LogP contribution in [0, 0.1) is 5.92 Å². The third-order valence-corrected chi connectivity index (χ3v) is 3.52. The highest BCUT2D eigenvalue weighted by Gasteiger charge is 2.14. The summed E-state index contributed by atoms with van der Waals surface area (Å²) in [5.74, 6) is -0.728. The van der Waals surface area contributed by atoms with E-state index in [0.717, 1.165) is 5.56 Å². The van der Waals surface area contributed by atoms with Crippen molar-refractivity contribution < 1.29 is 9.21 Å². The molecular formula is C17H16N2O3. The summed E-state index contributed by atoms with van der Waals surface area (Å²) in [4.78, 5) is 25.9. The van der Waals surface area contributed by atoms with Gasteiger partial charge in [0.05, 0.1) is 5.52 Å². The topological polar surface area (TPSA) is 75.1 Å². The third-order valence-electron chi connectivity index (χ3n) is 3.52. The number of hydrogen-bond donors (Lipinski definition) is 2. The summed E-state index contributed by atoms with van der Waals surface area (Å²) in [7, 11) is 0. The lowest BCUT2D eigenvalue weighted by Gasteiger charge is -2.12. The molecule has 0 saturated heterocycles. The Kier molecular flexibility index (Phi) is 3.78. The molecule has 22 heavy (non-hydrogen) atoms. The molecule has 3 rings (SSSR count). The Morgan fingerprint density at radius 1 is 1.23 bits per heavy atom. The number of carbonyl (C=O) groups excluding carboxylic acids is 1. The maximum Gasteiger partial charge on any atom is 0.417 e. The SMILES string of the molecule is CC(Cc1ccccc1)C(=O)Nc1ccc2[nH]c(=O)oc2c1. The van der Waals surface area contributed by atoms with Gasteiger partial charge in [0.25, 0.3) is 0 Å². The van der Waals surface area contributed by atoms with Crippen LogP contribution in [0.15, 0.2) is 57.7 Å². The number of anilines is 1. The summed E-state index contributed by atoms with van der Waals surface area (Å²) in [6, 6.07) is 15.0. The lowest BCUT2D eigenvalue weighted by atomic mass is 10.0. The second-order valence-electron chi connectivity index (χ2n) is 5.31. The number of oxazole rings is 1. The van der Waals surface area contributed by atoms with Crippen LogP contribution in [0.3, 0.4) is 0 Å². The maximum absolute atomic E-state index is 12.2. The highest BCUT2D eigenvalue weighted by molar-refractivity contribution is 5.94. The summed E-state index contributed by atoms with van der Waals surface area (Å²) < 4.78 is 4.98. The Morgan fingerprint density at radius 3 is 2.77 bits per heavy atom. The summed E-state index contributed by atoms with van der Waals surface area (Å²) >= 11 is 0. The number of aromatic amines is 1. The van der Waals surface area contributed by atoms with E-state index in [9.17, 15) is 9.59 Å². The van der Waals surface area contributed by atoms with Gasteiger partial charge in [-0.05, 0) is 24.1 Å². The summed E-state index contributed by atoms with van der Waals surface area (Å²) in [6.07, 6.45) is 0.675. The normalized spacial score (nSPS) is 12.2. The van der Waals surface area contributed by atoms with Crippen LogP contribution in [0.25, 0.3) is 11.1 Å². The van der Waals surface area contributed by atoms with E-state index < -0.39 is 5.76 Å². The van der Waals surface area contributed by atoms with Gasteiger partial charge in [-0.3, -0.25) is 9.78 Å². The van der Waals surface area contributed by atoms with E-state index in [1.807, 2.05) is 37.3 Å². The van der Waals surface area contributed by atoms with E-state index in [0.29, 0.717) is 23.2 Å². The zero-order valence-corrected chi connectivity index (χ0v) is 12.1. The van der Waals surface area contributed by atoms with Gasteiger partial charge in [0, 0.05) is 17.7 Å². The highest BCUT2D eigenvalue weighted by Crippen LogP contribution is 2.18. The predicted octanol–water partition coefficient (Wildman–Crippen LogP) is 2.94. The van der Waals surface area contributed by atoms with Gasteiger partial charge in [0.1, 0.15) is 0 Å². The molecule has 0 fully saturated rings. The van der Waals surface area contributed by atoms with Gasteiger partial charge in [-0.1, -0.05) is 37.3 Å². The van der Waals surface area contributed by atoms with Crippen molar-refractivity contribution in [2.45, 2.75) is 13.3 Å². The minimum atomic E-state index is -0.504. The summed E-state index contributed by atoms with van der Waals surface area (Å²) in [6.45, 7) is 1.89. The second kappa shape index (κ2) is 5.89. The van der Waals surface area contributed by atoms with Gasteiger partial charge < -0.3 is 9.73 Å². The quantitative estimate of drug-likeness (QED) is 0.777. The number of benzene rings is 2. The molecule has 0 aliphatic heterocycles. The second-order valence-corrected chi connectivity index (χ2v) is 5.31. The zero-order valence-electron chi connectivity index (χ0n) is 12.1. The first-order valence-corrected chi connectivity index (χ1v) is 7.09. The van der Waals surface area contributed by atoms with E-state index in [1.165, 1.54) is 0 Å². The van der Waals surface area contributed by atoms with Crippen LogP contribution in [0.2, 0.25) is 0 Å². The smallest absolute Gasteiger partial charge is 0.408 e. The number of aromatic nitrogens is 1. The van der Waals surface area contributed by atoms with Crippen LogP contribution in [-0.2, 0) is 11.2 Å². The zero-order chi connectivity index (χ0) is 15.5. The average Bonchev–Trinajstić information content (AvgIpc) is 2.87. The van der Waals surface area contributed by atoms with Crippen molar-refractivity contribution in [3.63, 3.8) is 0 Å². The maximum atomic E-state index is 12.2. The molecule has 0 bridgehead atoms. The molecule has 5 nitrogen and oxygen atoms in total. The molecule has 2 N–H and O–H groups in total. The lowest BCUT2D eigenvalue weighted by molar-refractivity contribution is -0.119. The first kappa shape index (κ1) is 14.1. The fourth-order valence-corrected chi connectivity index (χ4v) is 2.35.